The maximum Gasteiger partial charge on any atom is 0.573 e. The van der Waals surface area contributed by atoms with E-state index in [0.29, 0.717) is 35.4 Å². The first-order valence-corrected chi connectivity index (χ1v) is 9.79. The molecular weight excluding hydrogens is 421 g/mol. The van der Waals surface area contributed by atoms with Gasteiger partial charge in [-0.2, -0.15) is 5.10 Å². The van der Waals surface area contributed by atoms with Gasteiger partial charge in [-0.05, 0) is 31.5 Å². The number of anilines is 1. The number of H-pyrrole nitrogens is 1. The van der Waals surface area contributed by atoms with Crippen molar-refractivity contribution in [3.05, 3.63) is 41.3 Å². The number of carbonyl (C=O) groups excluding carboxylic acids is 1. The molecule has 0 spiro atoms. The fourth-order valence-corrected chi connectivity index (χ4v) is 4.09. The van der Waals surface area contributed by atoms with Crippen LogP contribution < -0.4 is 9.64 Å². The van der Waals surface area contributed by atoms with Crippen molar-refractivity contribution >= 4 is 22.5 Å². The number of ether oxygens (including phenoxy) is 1. The minimum absolute atomic E-state index is 0.211. The normalized spacial score (nSPS) is 14.6. The van der Waals surface area contributed by atoms with Gasteiger partial charge in [0.15, 0.2) is 11.0 Å². The number of nitrogens with zero attached hydrogens (tertiary/aromatic N) is 5. The van der Waals surface area contributed by atoms with Gasteiger partial charge in [0.2, 0.25) is 0 Å². The molecule has 4 rings (SSSR count). The van der Waals surface area contributed by atoms with E-state index < -0.39 is 6.36 Å². The number of nitrogens with one attached hydrogen (secondary N) is 1. The summed E-state index contributed by atoms with van der Waals surface area (Å²) in [5.74, 6) is 0.932. The van der Waals surface area contributed by atoms with Gasteiger partial charge in [-0.3, -0.25) is 10.00 Å². The Morgan fingerprint density at radius 1 is 1.17 bits per heavy atom. The Morgan fingerprint density at radius 3 is 2.53 bits per heavy atom. The van der Waals surface area contributed by atoms with Crippen molar-refractivity contribution in [3.63, 3.8) is 0 Å². The number of aryl methyl sites for hydroxylation is 2. The number of amides is 2. The molecule has 30 heavy (non-hydrogen) atoms. The number of thiazole rings is 1. The van der Waals surface area contributed by atoms with Crippen LogP contribution in [0.4, 0.5) is 23.1 Å². The molecule has 1 aliphatic heterocycles. The third-order valence-corrected chi connectivity index (χ3v) is 5.62. The van der Waals surface area contributed by atoms with Crippen LogP contribution in [-0.2, 0) is 6.54 Å². The van der Waals surface area contributed by atoms with E-state index in [9.17, 15) is 18.0 Å². The highest BCUT2D eigenvalue weighted by molar-refractivity contribution is 7.19. The van der Waals surface area contributed by atoms with Gasteiger partial charge in [0, 0.05) is 19.6 Å². The van der Waals surface area contributed by atoms with E-state index in [0.717, 1.165) is 10.6 Å². The van der Waals surface area contributed by atoms with Crippen LogP contribution >= 0.6 is 11.3 Å². The summed E-state index contributed by atoms with van der Waals surface area (Å²) in [7, 11) is 0. The largest absolute Gasteiger partial charge is 0.573 e. The lowest BCUT2D eigenvalue weighted by atomic mass is 10.2. The second-order valence-electron chi connectivity index (χ2n) is 6.70. The zero-order chi connectivity index (χ0) is 21.5. The van der Waals surface area contributed by atoms with E-state index in [4.69, 9.17) is 0 Å². The number of carbonyl (C=O) groups is 1. The van der Waals surface area contributed by atoms with E-state index in [1.54, 1.807) is 16.7 Å². The fourth-order valence-electron chi connectivity index (χ4n) is 3.07. The van der Waals surface area contributed by atoms with Crippen molar-refractivity contribution in [2.45, 2.75) is 26.8 Å². The lowest BCUT2D eigenvalue weighted by molar-refractivity contribution is -0.274. The first-order valence-electron chi connectivity index (χ1n) is 8.97. The third-order valence-electron chi connectivity index (χ3n) is 4.44. The number of benzene rings is 1. The summed E-state index contributed by atoms with van der Waals surface area (Å²) in [5, 5.41) is 7.50. The first kappa shape index (κ1) is 20.1. The minimum atomic E-state index is -4.73. The number of urea groups is 1. The predicted molar refractivity (Wildman–Crippen MR) is 103 cm³/mol. The van der Waals surface area contributed by atoms with Gasteiger partial charge in [0.05, 0.1) is 10.6 Å². The van der Waals surface area contributed by atoms with Gasteiger partial charge in [0.1, 0.15) is 11.6 Å². The van der Waals surface area contributed by atoms with Crippen molar-refractivity contribution in [1.82, 2.24) is 25.1 Å². The molecule has 2 amide bonds. The van der Waals surface area contributed by atoms with Crippen molar-refractivity contribution in [2.75, 3.05) is 18.0 Å². The summed E-state index contributed by atoms with van der Waals surface area (Å²) in [6.45, 7) is 4.86. The predicted octanol–water partition coefficient (Wildman–Crippen LogP) is 3.89. The molecule has 8 nitrogen and oxygen atoms in total. The summed E-state index contributed by atoms with van der Waals surface area (Å²) in [5.41, 5.74) is 1.44. The Morgan fingerprint density at radius 2 is 1.90 bits per heavy atom. The quantitative estimate of drug-likeness (QED) is 0.653. The van der Waals surface area contributed by atoms with Crippen LogP contribution in [0, 0.1) is 13.8 Å². The van der Waals surface area contributed by atoms with Gasteiger partial charge in [-0.25, -0.2) is 14.8 Å². The molecule has 0 bridgehead atoms. The Labute approximate surface area is 173 Å². The molecule has 1 fully saturated rings. The number of halogens is 3. The van der Waals surface area contributed by atoms with Crippen molar-refractivity contribution in [2.24, 2.45) is 0 Å². The topological polar surface area (TPSA) is 87.2 Å². The van der Waals surface area contributed by atoms with Gasteiger partial charge < -0.3 is 9.64 Å². The van der Waals surface area contributed by atoms with Gasteiger partial charge in [-0.1, -0.05) is 23.5 Å². The number of aromatic amines is 1. The van der Waals surface area contributed by atoms with Crippen molar-refractivity contribution in [3.8, 4) is 16.5 Å². The molecule has 1 saturated heterocycles. The number of aromatic nitrogens is 4. The molecule has 158 valence electrons. The van der Waals surface area contributed by atoms with Crippen LogP contribution in [0.5, 0.6) is 5.75 Å². The molecule has 2 aromatic heterocycles. The SMILES string of the molecule is Cc1nc(-c2sc(N3CCN(Cc4ccc(OC(F)(F)F)cc4)C3=O)nc2C)n[nH]1. The van der Waals surface area contributed by atoms with Crippen LogP contribution in [-0.4, -0.2) is 50.5 Å². The molecule has 1 aromatic carbocycles. The zero-order valence-corrected chi connectivity index (χ0v) is 16.8. The number of hydrogen-bond donors (Lipinski definition) is 1. The molecular formula is C18H17F3N6O2S. The van der Waals surface area contributed by atoms with E-state index in [2.05, 4.69) is 24.9 Å². The Bertz CT molecular complexity index is 1060. The van der Waals surface area contributed by atoms with E-state index in [1.807, 2.05) is 6.92 Å². The van der Waals surface area contributed by atoms with Crippen LogP contribution in [0.2, 0.25) is 0 Å². The van der Waals surface area contributed by atoms with Crippen LogP contribution in [0.1, 0.15) is 17.1 Å². The highest BCUT2D eigenvalue weighted by Crippen LogP contribution is 2.34. The molecule has 1 aliphatic rings. The Balaban J connectivity index is 1.44. The van der Waals surface area contributed by atoms with Crippen molar-refractivity contribution < 1.29 is 22.7 Å². The molecule has 1 N–H and O–H groups in total. The average Bonchev–Trinajstić information content (AvgIpc) is 3.35. The summed E-state index contributed by atoms with van der Waals surface area (Å²) >= 11 is 1.34. The first-order chi connectivity index (χ1) is 14.2. The van der Waals surface area contributed by atoms with E-state index in [1.165, 1.54) is 35.6 Å². The van der Waals surface area contributed by atoms with Crippen LogP contribution in [0.25, 0.3) is 10.7 Å². The monoisotopic (exact) mass is 438 g/mol. The summed E-state index contributed by atoms with van der Waals surface area (Å²) in [6, 6.07) is 5.27. The van der Waals surface area contributed by atoms with Crippen LogP contribution in [0.3, 0.4) is 0 Å². The molecule has 0 unspecified atom stereocenters. The number of alkyl halides is 3. The molecule has 0 saturated carbocycles. The molecule has 3 aromatic rings. The molecule has 0 aliphatic carbocycles. The van der Waals surface area contributed by atoms with E-state index in [-0.39, 0.29) is 18.3 Å². The lowest BCUT2D eigenvalue weighted by Gasteiger charge is -2.17. The fraction of sp³-hybridized carbons (Fsp3) is 0.333. The third kappa shape index (κ3) is 4.22. The number of rotatable bonds is 5. The Hall–Kier alpha value is -3.15. The molecule has 0 atom stereocenters. The molecule has 12 heteroatoms. The summed E-state index contributed by atoms with van der Waals surface area (Å²) in [4.78, 5) is 25.6. The number of hydrogen-bond acceptors (Lipinski definition) is 6. The maximum atomic E-state index is 12.8. The highest BCUT2D eigenvalue weighted by Gasteiger charge is 2.33. The standard InChI is InChI=1S/C18H17F3N6O2S/c1-10-14(15-23-11(2)24-25-15)30-16(22-10)27-8-7-26(17(27)28)9-12-3-5-13(6-4-12)29-18(19,20)21/h3-6H,7-9H2,1-2H3,(H,23,24,25). The van der Waals surface area contributed by atoms with Crippen molar-refractivity contribution in [1.29, 1.82) is 0 Å². The van der Waals surface area contributed by atoms with E-state index >= 15 is 0 Å². The summed E-state index contributed by atoms with van der Waals surface area (Å²) in [6.07, 6.45) is -4.73. The molecule has 0 radical (unpaired) electrons. The van der Waals surface area contributed by atoms with Gasteiger partial charge in [-0.15, -0.1) is 13.2 Å². The summed E-state index contributed by atoms with van der Waals surface area (Å²) < 4.78 is 40.7. The molecule has 3 heterocycles. The average molecular weight is 438 g/mol. The second-order valence-corrected chi connectivity index (χ2v) is 7.68. The lowest BCUT2D eigenvalue weighted by Crippen LogP contribution is -2.31. The van der Waals surface area contributed by atoms with Gasteiger partial charge >= 0.3 is 12.4 Å². The smallest absolute Gasteiger partial charge is 0.406 e. The highest BCUT2D eigenvalue weighted by atomic mass is 32.1. The van der Waals surface area contributed by atoms with Crippen LogP contribution in [0.15, 0.2) is 24.3 Å². The Kier molecular flexibility index (Phi) is 5.10. The minimum Gasteiger partial charge on any atom is -0.406 e. The second kappa shape index (κ2) is 7.59. The zero-order valence-electron chi connectivity index (χ0n) is 16.0. The van der Waals surface area contributed by atoms with Gasteiger partial charge in [0.25, 0.3) is 0 Å². The maximum absolute atomic E-state index is 12.8.